The highest BCUT2D eigenvalue weighted by Crippen LogP contribution is 2.27. The Kier molecular flexibility index (Phi) is 5.03. The molecule has 0 radical (unpaired) electrons. The molecule has 0 saturated carbocycles. The first-order chi connectivity index (χ1) is 7.07. The van der Waals surface area contributed by atoms with Gasteiger partial charge in [-0.05, 0) is 11.8 Å². The van der Waals surface area contributed by atoms with E-state index in [2.05, 4.69) is 6.58 Å². The Morgan fingerprint density at radius 1 is 1.12 bits per heavy atom. The summed E-state index contributed by atoms with van der Waals surface area (Å²) in [5.41, 5.74) is -1.46. The number of carbonyl (C=O) groups is 1. The van der Waals surface area contributed by atoms with Crippen molar-refractivity contribution in [2.75, 3.05) is 0 Å². The number of esters is 1. The Balaban J connectivity index is 4.60. The lowest BCUT2D eigenvalue weighted by atomic mass is 9.96. The van der Waals surface area contributed by atoms with Gasteiger partial charge in [0.2, 0.25) is 0 Å². The van der Waals surface area contributed by atoms with Gasteiger partial charge < -0.3 is 4.74 Å². The monoisotopic (exact) mass is 238 g/mol. The minimum Gasteiger partial charge on any atom is -0.458 e. The molecule has 0 unspecified atom stereocenters. The van der Waals surface area contributed by atoms with Crippen LogP contribution in [0.2, 0.25) is 0 Å². The molecule has 0 bridgehead atoms. The van der Waals surface area contributed by atoms with E-state index in [0.717, 1.165) is 0 Å². The van der Waals surface area contributed by atoms with Crippen LogP contribution in [0.25, 0.3) is 0 Å². The first-order valence-corrected chi connectivity index (χ1v) is 5.04. The molecule has 16 heavy (non-hydrogen) atoms. The molecule has 5 heteroatoms. The summed E-state index contributed by atoms with van der Waals surface area (Å²) < 4.78 is 41.3. The van der Waals surface area contributed by atoms with Gasteiger partial charge in [0.25, 0.3) is 0 Å². The van der Waals surface area contributed by atoms with E-state index in [1.54, 1.807) is 27.7 Å². The first-order valence-electron chi connectivity index (χ1n) is 5.04. The Hall–Kier alpha value is -1.00. The third-order valence-electron chi connectivity index (χ3n) is 2.15. The normalized spacial score (nSPS) is 12.4. The molecule has 0 amide bonds. The summed E-state index contributed by atoms with van der Waals surface area (Å²) in [6.07, 6.45) is -5.26. The Bertz CT molecular complexity index is 259. The maximum absolute atomic E-state index is 12.2. The number of alkyl halides is 3. The van der Waals surface area contributed by atoms with Crippen molar-refractivity contribution in [1.29, 1.82) is 0 Å². The van der Waals surface area contributed by atoms with Gasteiger partial charge in [0.1, 0.15) is 11.7 Å². The molecular weight excluding hydrogens is 221 g/mol. The number of carbonyl (C=O) groups excluding carboxylic acids is 1. The van der Waals surface area contributed by atoms with Gasteiger partial charge in [0.15, 0.2) is 0 Å². The van der Waals surface area contributed by atoms with Crippen LogP contribution in [0.4, 0.5) is 13.2 Å². The molecule has 0 heterocycles. The van der Waals surface area contributed by atoms with Crippen molar-refractivity contribution in [3.63, 3.8) is 0 Å². The van der Waals surface area contributed by atoms with E-state index in [1.165, 1.54) is 0 Å². The smallest absolute Gasteiger partial charge is 0.422 e. The molecule has 2 nitrogen and oxygen atoms in total. The van der Waals surface area contributed by atoms with Crippen LogP contribution in [0.15, 0.2) is 12.2 Å². The van der Waals surface area contributed by atoms with E-state index in [9.17, 15) is 18.0 Å². The van der Waals surface area contributed by atoms with E-state index in [-0.39, 0.29) is 11.8 Å². The zero-order chi connectivity index (χ0) is 13.1. The number of rotatable bonds is 4. The second-order valence-electron chi connectivity index (χ2n) is 4.33. The maximum atomic E-state index is 12.2. The quantitative estimate of drug-likeness (QED) is 0.554. The van der Waals surface area contributed by atoms with Gasteiger partial charge in [0.05, 0.1) is 0 Å². The molecule has 0 fully saturated rings. The van der Waals surface area contributed by atoms with Gasteiger partial charge in [0, 0.05) is 0 Å². The Morgan fingerprint density at radius 2 is 1.50 bits per heavy atom. The first kappa shape index (κ1) is 15.0. The van der Waals surface area contributed by atoms with Gasteiger partial charge in [-0.3, -0.25) is 0 Å². The lowest BCUT2D eigenvalue weighted by molar-refractivity contribution is -0.159. The van der Waals surface area contributed by atoms with E-state index in [0.29, 0.717) is 0 Å². The third-order valence-corrected chi connectivity index (χ3v) is 2.15. The largest absolute Gasteiger partial charge is 0.458 e. The summed E-state index contributed by atoms with van der Waals surface area (Å²) in [5.74, 6) is -1.46. The summed E-state index contributed by atoms with van der Waals surface area (Å²) in [4.78, 5) is 11.2. The summed E-state index contributed by atoms with van der Waals surface area (Å²) in [6.45, 7) is 9.84. The highest BCUT2D eigenvalue weighted by atomic mass is 19.4. The Morgan fingerprint density at radius 3 is 1.75 bits per heavy atom. The molecular formula is C11H17F3O2. The average Bonchev–Trinajstić information content (AvgIpc) is 2.09. The highest BCUT2D eigenvalue weighted by Gasteiger charge is 2.39. The predicted octanol–water partition coefficient (Wildman–Crippen LogP) is 3.33. The van der Waals surface area contributed by atoms with Gasteiger partial charge in [-0.1, -0.05) is 34.3 Å². The van der Waals surface area contributed by atoms with Crippen LogP contribution < -0.4 is 0 Å². The molecule has 94 valence electrons. The van der Waals surface area contributed by atoms with Crippen molar-refractivity contribution < 1.29 is 22.7 Å². The lowest BCUT2D eigenvalue weighted by Crippen LogP contribution is -2.32. The molecule has 0 aromatic carbocycles. The molecule has 0 aromatic rings. The molecule has 0 atom stereocenters. The van der Waals surface area contributed by atoms with Crippen LogP contribution in [0, 0.1) is 11.8 Å². The lowest BCUT2D eigenvalue weighted by Gasteiger charge is -2.25. The Labute approximate surface area is 93.5 Å². The van der Waals surface area contributed by atoms with Gasteiger partial charge in [-0.15, -0.1) is 0 Å². The third kappa shape index (κ3) is 4.24. The van der Waals surface area contributed by atoms with E-state index in [1.807, 2.05) is 0 Å². The zero-order valence-electron chi connectivity index (χ0n) is 9.89. The van der Waals surface area contributed by atoms with Crippen molar-refractivity contribution in [3.05, 3.63) is 12.2 Å². The van der Waals surface area contributed by atoms with Crippen molar-refractivity contribution in [2.24, 2.45) is 11.8 Å². The fourth-order valence-electron chi connectivity index (χ4n) is 1.35. The van der Waals surface area contributed by atoms with Crippen molar-refractivity contribution in [1.82, 2.24) is 0 Å². The average molecular weight is 238 g/mol. The number of ether oxygens (including phenoxy) is 1. The zero-order valence-corrected chi connectivity index (χ0v) is 9.89. The number of hydrogen-bond acceptors (Lipinski definition) is 2. The van der Waals surface area contributed by atoms with Crippen LogP contribution in [0.5, 0.6) is 0 Å². The van der Waals surface area contributed by atoms with Crippen LogP contribution in [0.3, 0.4) is 0 Å². The molecule has 0 N–H and O–H groups in total. The summed E-state index contributed by atoms with van der Waals surface area (Å²) in [5, 5.41) is 0. The standard InChI is InChI=1S/C11H17F3O2/c1-6(2)9(7(3)4)16-10(15)8(5)11(12,13)14/h6-7,9H,5H2,1-4H3. The molecule has 0 aromatic heterocycles. The molecule has 0 aliphatic heterocycles. The van der Waals surface area contributed by atoms with Gasteiger partial charge in [-0.25, -0.2) is 4.79 Å². The van der Waals surface area contributed by atoms with E-state index >= 15 is 0 Å². The van der Waals surface area contributed by atoms with Crippen LogP contribution in [-0.4, -0.2) is 18.2 Å². The van der Waals surface area contributed by atoms with Crippen LogP contribution in [0.1, 0.15) is 27.7 Å². The second kappa shape index (κ2) is 5.37. The van der Waals surface area contributed by atoms with Crippen molar-refractivity contribution in [2.45, 2.75) is 40.0 Å². The molecule has 0 rings (SSSR count). The summed E-state index contributed by atoms with van der Waals surface area (Å²) >= 11 is 0. The van der Waals surface area contributed by atoms with Crippen LogP contribution >= 0.6 is 0 Å². The second-order valence-corrected chi connectivity index (χ2v) is 4.33. The van der Waals surface area contributed by atoms with Crippen molar-refractivity contribution in [3.8, 4) is 0 Å². The molecule has 0 aliphatic carbocycles. The van der Waals surface area contributed by atoms with Gasteiger partial charge in [-0.2, -0.15) is 13.2 Å². The fraction of sp³-hybridized carbons (Fsp3) is 0.727. The molecule has 0 spiro atoms. The molecule has 0 saturated heterocycles. The van der Waals surface area contributed by atoms with Gasteiger partial charge >= 0.3 is 12.1 Å². The number of halogens is 3. The van der Waals surface area contributed by atoms with E-state index < -0.39 is 23.8 Å². The topological polar surface area (TPSA) is 26.3 Å². The van der Waals surface area contributed by atoms with Crippen LogP contribution in [-0.2, 0) is 9.53 Å². The SMILES string of the molecule is C=C(C(=O)OC(C(C)C)C(C)C)C(F)(F)F. The summed E-state index contributed by atoms with van der Waals surface area (Å²) in [7, 11) is 0. The van der Waals surface area contributed by atoms with Crippen molar-refractivity contribution >= 4 is 5.97 Å². The fourth-order valence-corrected chi connectivity index (χ4v) is 1.35. The minimum absolute atomic E-state index is 0.0371. The molecule has 0 aliphatic rings. The van der Waals surface area contributed by atoms with E-state index in [4.69, 9.17) is 4.74 Å². The minimum atomic E-state index is -4.73. The summed E-state index contributed by atoms with van der Waals surface area (Å²) in [6, 6.07) is 0. The highest BCUT2D eigenvalue weighted by molar-refractivity contribution is 5.89. The number of hydrogen-bond donors (Lipinski definition) is 0. The predicted molar refractivity (Wildman–Crippen MR) is 54.8 cm³/mol. The maximum Gasteiger partial charge on any atom is 0.422 e.